The number of rotatable bonds is 4. The van der Waals surface area contributed by atoms with Crippen molar-refractivity contribution in [2.24, 2.45) is 0 Å². The number of cyclic esters (lactones) is 1. The molecular weight excluding hydrogens is 336 g/mol. The summed E-state index contributed by atoms with van der Waals surface area (Å²) in [5.41, 5.74) is 3.59. The van der Waals surface area contributed by atoms with Crippen LogP contribution in [0.1, 0.15) is 23.6 Å². The Kier molecular flexibility index (Phi) is 4.51. The molecule has 0 saturated heterocycles. The van der Waals surface area contributed by atoms with Gasteiger partial charge in [0.25, 0.3) is 0 Å². The number of ether oxygens (including phenoxy) is 2. The van der Waals surface area contributed by atoms with Gasteiger partial charge in [0.2, 0.25) is 0 Å². The summed E-state index contributed by atoms with van der Waals surface area (Å²) in [4.78, 5) is 12.3. The third kappa shape index (κ3) is 3.63. The molecule has 3 nitrogen and oxygen atoms in total. The Morgan fingerprint density at radius 3 is 2.48 bits per heavy atom. The zero-order valence-electron chi connectivity index (χ0n) is 15.4. The summed E-state index contributed by atoms with van der Waals surface area (Å²) in [5.74, 6) is 1.07. The summed E-state index contributed by atoms with van der Waals surface area (Å²) in [6.45, 7) is 4.65. The van der Waals surface area contributed by atoms with Gasteiger partial charge in [-0.3, -0.25) is 0 Å². The first kappa shape index (κ1) is 17.1. The highest BCUT2D eigenvalue weighted by molar-refractivity contribution is 6.05. The summed E-state index contributed by atoms with van der Waals surface area (Å²) in [7, 11) is 0. The lowest BCUT2D eigenvalue weighted by Gasteiger charge is -2.05. The molecule has 0 atom stereocenters. The van der Waals surface area contributed by atoms with E-state index in [9.17, 15) is 4.79 Å². The van der Waals surface area contributed by atoms with E-state index in [1.165, 1.54) is 10.9 Å². The number of carbonyl (C=O) groups is 1. The summed E-state index contributed by atoms with van der Waals surface area (Å²) in [6, 6.07) is 20.0. The molecule has 3 aromatic rings. The van der Waals surface area contributed by atoms with E-state index in [-0.39, 0.29) is 5.97 Å². The summed E-state index contributed by atoms with van der Waals surface area (Å²) >= 11 is 0. The van der Waals surface area contributed by atoms with Gasteiger partial charge >= 0.3 is 5.97 Å². The molecule has 27 heavy (non-hydrogen) atoms. The van der Waals surface area contributed by atoms with Gasteiger partial charge in [-0.05, 0) is 60.5 Å². The Balaban J connectivity index is 1.63. The fraction of sp³-hybridized carbons (Fsp3) is 0.125. The Labute approximate surface area is 158 Å². The van der Waals surface area contributed by atoms with Crippen LogP contribution >= 0.6 is 0 Å². The van der Waals surface area contributed by atoms with Crippen molar-refractivity contribution in [3.8, 4) is 5.75 Å². The van der Waals surface area contributed by atoms with Crippen molar-refractivity contribution in [1.82, 2.24) is 0 Å². The van der Waals surface area contributed by atoms with Crippen molar-refractivity contribution in [3.63, 3.8) is 0 Å². The van der Waals surface area contributed by atoms with Crippen LogP contribution in [0.3, 0.4) is 0 Å². The van der Waals surface area contributed by atoms with Gasteiger partial charge in [0, 0.05) is 5.56 Å². The molecule has 0 aliphatic carbocycles. The van der Waals surface area contributed by atoms with Crippen LogP contribution in [0.15, 0.2) is 72.3 Å². The molecule has 1 aliphatic heterocycles. The molecule has 134 valence electrons. The maximum atomic E-state index is 12.3. The van der Waals surface area contributed by atoms with Crippen LogP contribution in [0, 0.1) is 6.92 Å². The van der Waals surface area contributed by atoms with Gasteiger partial charge in [-0.15, -0.1) is 0 Å². The van der Waals surface area contributed by atoms with Gasteiger partial charge in [0.05, 0.1) is 12.2 Å². The zero-order chi connectivity index (χ0) is 18.8. The fourth-order valence-electron chi connectivity index (χ4n) is 3.16. The lowest BCUT2D eigenvalue weighted by molar-refractivity contribution is -0.130. The predicted octanol–water partition coefficient (Wildman–Crippen LogP) is 5.53. The quantitative estimate of drug-likeness (QED) is 0.455. The molecule has 0 saturated carbocycles. The first-order chi connectivity index (χ1) is 13.1. The molecule has 0 fully saturated rings. The van der Waals surface area contributed by atoms with E-state index >= 15 is 0 Å². The van der Waals surface area contributed by atoms with Crippen molar-refractivity contribution < 1.29 is 14.3 Å². The maximum absolute atomic E-state index is 12.3. The molecule has 3 heteroatoms. The number of benzene rings is 3. The van der Waals surface area contributed by atoms with Gasteiger partial charge in [-0.2, -0.15) is 0 Å². The van der Waals surface area contributed by atoms with Crippen LogP contribution in [-0.2, 0) is 9.53 Å². The number of carbonyl (C=O) groups excluding carboxylic acids is 1. The van der Waals surface area contributed by atoms with Gasteiger partial charge in [0.1, 0.15) is 11.5 Å². The lowest BCUT2D eigenvalue weighted by atomic mass is 10.0. The van der Waals surface area contributed by atoms with Gasteiger partial charge in [0.15, 0.2) is 0 Å². The van der Waals surface area contributed by atoms with E-state index in [2.05, 4.69) is 31.2 Å². The smallest absolute Gasteiger partial charge is 0.343 e. The van der Waals surface area contributed by atoms with Crippen molar-refractivity contribution in [3.05, 3.63) is 89.0 Å². The van der Waals surface area contributed by atoms with Crippen molar-refractivity contribution in [1.29, 1.82) is 0 Å². The van der Waals surface area contributed by atoms with Crippen LogP contribution in [-0.4, -0.2) is 12.6 Å². The van der Waals surface area contributed by atoms with E-state index in [1.54, 1.807) is 6.08 Å². The number of aryl methyl sites for hydroxylation is 1. The van der Waals surface area contributed by atoms with Gasteiger partial charge < -0.3 is 9.47 Å². The largest absolute Gasteiger partial charge is 0.494 e. The highest BCUT2D eigenvalue weighted by Crippen LogP contribution is 2.30. The third-order valence-corrected chi connectivity index (χ3v) is 4.52. The monoisotopic (exact) mass is 356 g/mol. The summed E-state index contributed by atoms with van der Waals surface area (Å²) in [6.07, 6.45) is 3.63. The summed E-state index contributed by atoms with van der Waals surface area (Å²) < 4.78 is 10.9. The molecule has 0 radical (unpaired) electrons. The van der Waals surface area contributed by atoms with E-state index in [0.717, 1.165) is 22.3 Å². The molecule has 1 aliphatic rings. The SMILES string of the molecule is CCOc1ccc(C=C2C=C(c3ccc4cc(C)ccc4c3)OC2=O)cc1. The van der Waals surface area contributed by atoms with Crippen molar-refractivity contribution in [2.45, 2.75) is 13.8 Å². The summed E-state index contributed by atoms with van der Waals surface area (Å²) in [5, 5.41) is 2.30. The van der Waals surface area contributed by atoms with Crippen LogP contribution < -0.4 is 4.74 Å². The highest BCUT2D eigenvalue weighted by Gasteiger charge is 2.22. The zero-order valence-corrected chi connectivity index (χ0v) is 15.4. The first-order valence-corrected chi connectivity index (χ1v) is 9.01. The highest BCUT2D eigenvalue weighted by atomic mass is 16.5. The van der Waals surface area contributed by atoms with Crippen molar-refractivity contribution >= 4 is 28.6 Å². The van der Waals surface area contributed by atoms with E-state index < -0.39 is 0 Å². The van der Waals surface area contributed by atoms with Gasteiger partial charge in [-0.25, -0.2) is 4.79 Å². The molecule has 4 rings (SSSR count). The molecule has 0 aromatic heterocycles. The molecular formula is C24H20O3. The standard InChI is InChI=1S/C24H20O3/c1-3-26-22-10-5-17(6-11-22)13-21-15-23(27-24(21)25)20-9-8-18-12-16(2)4-7-19(18)14-20/h4-15H,3H2,1-2H3. The van der Waals surface area contributed by atoms with E-state index in [4.69, 9.17) is 9.47 Å². The second kappa shape index (κ2) is 7.12. The Morgan fingerprint density at radius 2 is 1.70 bits per heavy atom. The molecule has 0 N–H and O–H groups in total. The Morgan fingerprint density at radius 1 is 0.963 bits per heavy atom. The van der Waals surface area contributed by atoms with Crippen LogP contribution in [0.25, 0.3) is 22.6 Å². The Bertz CT molecular complexity index is 1070. The predicted molar refractivity (Wildman–Crippen MR) is 108 cm³/mol. The average Bonchev–Trinajstić information content (AvgIpc) is 3.03. The Hall–Kier alpha value is -3.33. The minimum absolute atomic E-state index is 0.331. The fourth-order valence-corrected chi connectivity index (χ4v) is 3.16. The van der Waals surface area contributed by atoms with E-state index in [1.807, 2.05) is 49.4 Å². The van der Waals surface area contributed by atoms with Crippen LogP contribution in [0.2, 0.25) is 0 Å². The lowest BCUT2D eigenvalue weighted by Crippen LogP contribution is -1.97. The number of hydrogen-bond acceptors (Lipinski definition) is 3. The maximum Gasteiger partial charge on any atom is 0.343 e. The van der Waals surface area contributed by atoms with Gasteiger partial charge in [-0.1, -0.05) is 48.0 Å². The van der Waals surface area contributed by atoms with E-state index in [0.29, 0.717) is 17.9 Å². The number of fused-ring (bicyclic) bond motifs is 1. The number of hydrogen-bond donors (Lipinski definition) is 0. The minimum Gasteiger partial charge on any atom is -0.494 e. The normalized spacial score (nSPS) is 15.1. The molecule has 3 aromatic carbocycles. The van der Waals surface area contributed by atoms with Crippen LogP contribution in [0.5, 0.6) is 5.75 Å². The average molecular weight is 356 g/mol. The second-order valence-corrected chi connectivity index (χ2v) is 6.57. The minimum atomic E-state index is -0.331. The molecule has 1 heterocycles. The number of esters is 1. The molecule has 0 unspecified atom stereocenters. The molecule has 0 spiro atoms. The van der Waals surface area contributed by atoms with Crippen molar-refractivity contribution in [2.75, 3.05) is 6.61 Å². The topological polar surface area (TPSA) is 35.5 Å². The first-order valence-electron chi connectivity index (χ1n) is 9.01. The van der Waals surface area contributed by atoms with Crippen LogP contribution in [0.4, 0.5) is 0 Å². The molecule has 0 amide bonds. The molecule has 0 bridgehead atoms. The third-order valence-electron chi connectivity index (χ3n) is 4.52. The second-order valence-electron chi connectivity index (χ2n) is 6.57.